The molecule has 0 bridgehead atoms. The fourth-order valence-electron chi connectivity index (χ4n) is 3.95. The van der Waals surface area contributed by atoms with Gasteiger partial charge in [0.2, 0.25) is 15.9 Å². The fraction of sp³-hybridized carbons (Fsp3) is 0.480. The SMILES string of the molecule is Cc1ccc(S(=O)(=O)N2CCCN(CC(=O)N(Cc3ccccc3)C(C)(C)C)CC2)cc1. The summed E-state index contributed by atoms with van der Waals surface area (Å²) in [6.45, 7) is 11.0. The Bertz CT molecular complexity index is 999. The van der Waals surface area contributed by atoms with Crippen molar-refractivity contribution in [3.63, 3.8) is 0 Å². The molecule has 0 saturated carbocycles. The first-order valence-electron chi connectivity index (χ1n) is 11.2. The maximum atomic E-state index is 13.3. The number of benzene rings is 2. The molecule has 0 spiro atoms. The predicted molar refractivity (Wildman–Crippen MR) is 128 cm³/mol. The van der Waals surface area contributed by atoms with Crippen molar-refractivity contribution < 1.29 is 13.2 Å². The number of nitrogens with zero attached hydrogens (tertiary/aromatic N) is 3. The molecular weight excluding hydrogens is 422 g/mol. The molecule has 174 valence electrons. The number of carbonyl (C=O) groups is 1. The normalized spacial score (nSPS) is 16.5. The predicted octanol–water partition coefficient (Wildman–Crippen LogP) is 3.52. The molecule has 1 aliphatic heterocycles. The summed E-state index contributed by atoms with van der Waals surface area (Å²) in [5.41, 5.74) is 1.82. The van der Waals surface area contributed by atoms with Gasteiger partial charge in [-0.05, 0) is 58.4 Å². The summed E-state index contributed by atoms with van der Waals surface area (Å²) in [5, 5.41) is 0. The Morgan fingerprint density at radius 1 is 0.938 bits per heavy atom. The number of aryl methyl sites for hydroxylation is 1. The third-order valence-corrected chi connectivity index (χ3v) is 7.77. The van der Waals surface area contributed by atoms with Crippen LogP contribution in [0.5, 0.6) is 0 Å². The van der Waals surface area contributed by atoms with E-state index in [9.17, 15) is 13.2 Å². The van der Waals surface area contributed by atoms with Crippen molar-refractivity contribution in [1.82, 2.24) is 14.1 Å². The molecular formula is C25H35N3O3S. The monoisotopic (exact) mass is 457 g/mol. The summed E-state index contributed by atoms with van der Waals surface area (Å²) >= 11 is 0. The summed E-state index contributed by atoms with van der Waals surface area (Å²) in [6.07, 6.45) is 0.701. The highest BCUT2D eigenvalue weighted by molar-refractivity contribution is 7.89. The highest BCUT2D eigenvalue weighted by atomic mass is 32.2. The van der Waals surface area contributed by atoms with Gasteiger partial charge in [0.05, 0.1) is 11.4 Å². The van der Waals surface area contributed by atoms with Crippen LogP contribution in [0.3, 0.4) is 0 Å². The van der Waals surface area contributed by atoms with E-state index in [4.69, 9.17) is 0 Å². The molecule has 7 heteroatoms. The van der Waals surface area contributed by atoms with E-state index in [1.165, 1.54) is 0 Å². The van der Waals surface area contributed by atoms with Gasteiger partial charge in [-0.3, -0.25) is 9.69 Å². The Morgan fingerprint density at radius 3 is 2.22 bits per heavy atom. The maximum Gasteiger partial charge on any atom is 0.243 e. The second-order valence-electron chi connectivity index (χ2n) is 9.48. The number of sulfonamides is 1. The van der Waals surface area contributed by atoms with Crippen LogP contribution in [0.25, 0.3) is 0 Å². The van der Waals surface area contributed by atoms with Crippen LogP contribution in [-0.2, 0) is 21.4 Å². The molecule has 1 fully saturated rings. The van der Waals surface area contributed by atoms with Gasteiger partial charge in [0.1, 0.15) is 0 Å². The van der Waals surface area contributed by atoms with Crippen molar-refractivity contribution in [2.75, 3.05) is 32.7 Å². The number of hydrogen-bond acceptors (Lipinski definition) is 4. The van der Waals surface area contributed by atoms with E-state index in [2.05, 4.69) is 4.90 Å². The molecule has 0 atom stereocenters. The van der Waals surface area contributed by atoms with E-state index in [1.807, 2.05) is 75.1 Å². The molecule has 2 aromatic rings. The van der Waals surface area contributed by atoms with Gasteiger partial charge >= 0.3 is 0 Å². The maximum absolute atomic E-state index is 13.3. The van der Waals surface area contributed by atoms with Gasteiger partial charge in [0, 0.05) is 31.7 Å². The first-order chi connectivity index (χ1) is 15.1. The molecule has 1 aliphatic rings. The lowest BCUT2D eigenvalue weighted by molar-refractivity contribution is -0.138. The summed E-state index contributed by atoms with van der Waals surface area (Å²) in [5.74, 6) is 0.0659. The first kappa shape index (κ1) is 24.4. The van der Waals surface area contributed by atoms with Gasteiger partial charge in [-0.25, -0.2) is 8.42 Å². The molecule has 3 rings (SSSR count). The third-order valence-electron chi connectivity index (χ3n) is 5.86. The average molecular weight is 458 g/mol. The molecule has 32 heavy (non-hydrogen) atoms. The van der Waals surface area contributed by atoms with Crippen molar-refractivity contribution in [1.29, 1.82) is 0 Å². The molecule has 1 saturated heterocycles. The molecule has 0 aliphatic carbocycles. The van der Waals surface area contributed by atoms with Crippen LogP contribution in [0.1, 0.15) is 38.3 Å². The van der Waals surface area contributed by atoms with E-state index in [0.29, 0.717) is 50.6 Å². The van der Waals surface area contributed by atoms with Crippen LogP contribution in [-0.4, -0.2) is 66.7 Å². The smallest absolute Gasteiger partial charge is 0.243 e. The Labute approximate surface area is 192 Å². The Balaban J connectivity index is 1.65. The molecule has 6 nitrogen and oxygen atoms in total. The van der Waals surface area contributed by atoms with Crippen molar-refractivity contribution in [3.05, 3.63) is 65.7 Å². The quantitative estimate of drug-likeness (QED) is 0.666. The van der Waals surface area contributed by atoms with Crippen molar-refractivity contribution >= 4 is 15.9 Å². The van der Waals surface area contributed by atoms with E-state index in [0.717, 1.165) is 11.1 Å². The Hall–Kier alpha value is -2.22. The Morgan fingerprint density at radius 2 is 1.59 bits per heavy atom. The number of hydrogen-bond donors (Lipinski definition) is 0. The highest BCUT2D eigenvalue weighted by Gasteiger charge is 2.30. The topological polar surface area (TPSA) is 60.9 Å². The first-order valence-corrected chi connectivity index (χ1v) is 12.6. The minimum Gasteiger partial charge on any atom is -0.332 e. The van der Waals surface area contributed by atoms with Crippen molar-refractivity contribution in [2.24, 2.45) is 0 Å². The molecule has 1 amide bonds. The molecule has 0 aromatic heterocycles. The van der Waals surface area contributed by atoms with E-state index in [-0.39, 0.29) is 11.4 Å². The molecule has 1 heterocycles. The van der Waals surface area contributed by atoms with Gasteiger partial charge in [-0.15, -0.1) is 0 Å². The summed E-state index contributed by atoms with van der Waals surface area (Å²) in [4.78, 5) is 17.6. The standard InChI is InChI=1S/C25H35N3O3S/c1-21-11-13-23(14-12-21)32(30,31)27-16-8-15-26(17-18-27)20-24(29)28(25(2,3)4)19-22-9-6-5-7-10-22/h5-7,9-14H,8,15-20H2,1-4H3. The van der Waals surface area contributed by atoms with Gasteiger partial charge in [-0.2, -0.15) is 4.31 Å². The van der Waals surface area contributed by atoms with Gasteiger partial charge in [0.15, 0.2) is 0 Å². The summed E-state index contributed by atoms with van der Waals surface area (Å²) in [6, 6.07) is 17.0. The van der Waals surface area contributed by atoms with Gasteiger partial charge in [-0.1, -0.05) is 48.0 Å². The van der Waals surface area contributed by atoms with Crippen LogP contribution < -0.4 is 0 Å². The second kappa shape index (κ2) is 10.1. The largest absolute Gasteiger partial charge is 0.332 e. The van der Waals surface area contributed by atoms with Crippen molar-refractivity contribution in [3.8, 4) is 0 Å². The molecule has 0 unspecified atom stereocenters. The van der Waals surface area contributed by atoms with Crippen LogP contribution in [0.2, 0.25) is 0 Å². The van der Waals surface area contributed by atoms with Crippen molar-refractivity contribution in [2.45, 2.75) is 51.1 Å². The Kier molecular flexibility index (Phi) is 7.75. The lowest BCUT2D eigenvalue weighted by Crippen LogP contribution is -2.49. The molecule has 0 radical (unpaired) electrons. The number of amides is 1. The summed E-state index contributed by atoms with van der Waals surface area (Å²) in [7, 11) is -3.52. The van der Waals surface area contributed by atoms with Crippen LogP contribution in [0.4, 0.5) is 0 Å². The van der Waals surface area contributed by atoms with E-state index < -0.39 is 10.0 Å². The molecule has 2 aromatic carbocycles. The summed E-state index contributed by atoms with van der Waals surface area (Å²) < 4.78 is 27.7. The van der Waals surface area contributed by atoms with Gasteiger partial charge < -0.3 is 4.90 Å². The minimum absolute atomic E-state index is 0.0659. The lowest BCUT2D eigenvalue weighted by atomic mass is 10.0. The molecule has 0 N–H and O–H groups in total. The number of carbonyl (C=O) groups excluding carboxylic acids is 1. The van der Waals surface area contributed by atoms with Crippen LogP contribution >= 0.6 is 0 Å². The fourth-order valence-corrected chi connectivity index (χ4v) is 5.42. The minimum atomic E-state index is -3.52. The van der Waals surface area contributed by atoms with E-state index in [1.54, 1.807) is 16.4 Å². The second-order valence-corrected chi connectivity index (χ2v) is 11.4. The van der Waals surface area contributed by atoms with Crippen LogP contribution in [0, 0.1) is 6.92 Å². The van der Waals surface area contributed by atoms with Crippen LogP contribution in [0.15, 0.2) is 59.5 Å². The lowest BCUT2D eigenvalue weighted by Gasteiger charge is -2.37. The third kappa shape index (κ3) is 6.18. The number of rotatable bonds is 6. The zero-order valence-corrected chi connectivity index (χ0v) is 20.4. The van der Waals surface area contributed by atoms with E-state index >= 15 is 0 Å². The average Bonchev–Trinajstić information content (AvgIpc) is 2.98. The zero-order valence-electron chi connectivity index (χ0n) is 19.6. The zero-order chi connectivity index (χ0) is 23.4. The highest BCUT2D eigenvalue weighted by Crippen LogP contribution is 2.20. The van der Waals surface area contributed by atoms with Gasteiger partial charge in [0.25, 0.3) is 0 Å².